The molecule has 5 heteroatoms. The van der Waals surface area contributed by atoms with E-state index in [-0.39, 0.29) is 11.9 Å². The van der Waals surface area contributed by atoms with Gasteiger partial charge in [0.25, 0.3) is 0 Å². The van der Waals surface area contributed by atoms with Crippen LogP contribution < -0.4 is 11.1 Å². The summed E-state index contributed by atoms with van der Waals surface area (Å²) in [5.74, 6) is 0.0993. The first kappa shape index (κ1) is 13.4. The van der Waals surface area contributed by atoms with Gasteiger partial charge in [0.05, 0.1) is 6.54 Å². The lowest BCUT2D eigenvalue weighted by atomic mass is 10.1. The number of nitrogens with zero attached hydrogens (tertiary/aromatic N) is 1. The van der Waals surface area contributed by atoms with E-state index in [4.69, 9.17) is 10.5 Å². The van der Waals surface area contributed by atoms with Crippen molar-refractivity contribution in [1.29, 1.82) is 0 Å². The van der Waals surface area contributed by atoms with Gasteiger partial charge in [0, 0.05) is 32.3 Å². The Kier molecular flexibility index (Phi) is 6.37. The second-order valence-electron chi connectivity index (χ2n) is 4.11. The molecule has 0 aliphatic carbocycles. The SMILES string of the molecule is CCN(CCN)CC(=O)NC1CCOCC1. The highest BCUT2D eigenvalue weighted by Gasteiger charge is 2.17. The molecule has 0 atom stereocenters. The molecule has 0 saturated carbocycles. The average molecular weight is 229 g/mol. The predicted molar refractivity (Wildman–Crippen MR) is 63.2 cm³/mol. The fourth-order valence-corrected chi connectivity index (χ4v) is 1.85. The van der Waals surface area contributed by atoms with Gasteiger partial charge < -0.3 is 15.8 Å². The van der Waals surface area contributed by atoms with E-state index < -0.39 is 0 Å². The van der Waals surface area contributed by atoms with E-state index >= 15 is 0 Å². The Morgan fingerprint density at radius 1 is 1.50 bits per heavy atom. The number of nitrogens with two attached hydrogens (primary N) is 1. The summed E-state index contributed by atoms with van der Waals surface area (Å²) in [6, 6.07) is 0.290. The molecule has 0 unspecified atom stereocenters. The molecule has 5 nitrogen and oxygen atoms in total. The largest absolute Gasteiger partial charge is 0.381 e. The number of likely N-dealkylation sites (N-methyl/N-ethyl adjacent to an activating group) is 1. The van der Waals surface area contributed by atoms with Crippen molar-refractivity contribution in [2.45, 2.75) is 25.8 Å². The number of carbonyl (C=O) groups is 1. The summed E-state index contributed by atoms with van der Waals surface area (Å²) in [6.07, 6.45) is 1.85. The van der Waals surface area contributed by atoms with Crippen molar-refractivity contribution in [2.24, 2.45) is 5.73 Å². The highest BCUT2D eigenvalue weighted by Crippen LogP contribution is 2.05. The summed E-state index contributed by atoms with van der Waals surface area (Å²) in [4.78, 5) is 13.8. The van der Waals surface area contributed by atoms with Gasteiger partial charge in [-0.15, -0.1) is 0 Å². The van der Waals surface area contributed by atoms with E-state index in [1.807, 2.05) is 6.92 Å². The van der Waals surface area contributed by atoms with Crippen LogP contribution in [0.2, 0.25) is 0 Å². The molecule has 1 saturated heterocycles. The number of rotatable bonds is 6. The summed E-state index contributed by atoms with van der Waals surface area (Å²) < 4.78 is 5.24. The van der Waals surface area contributed by atoms with Gasteiger partial charge in [0.2, 0.25) is 5.91 Å². The molecule has 0 radical (unpaired) electrons. The molecule has 0 aromatic rings. The summed E-state index contributed by atoms with van der Waals surface area (Å²) in [5, 5.41) is 3.04. The number of nitrogens with one attached hydrogen (secondary N) is 1. The number of hydrogen-bond donors (Lipinski definition) is 2. The molecule has 0 aromatic heterocycles. The van der Waals surface area contributed by atoms with Crippen molar-refractivity contribution in [2.75, 3.05) is 39.4 Å². The van der Waals surface area contributed by atoms with Crippen molar-refractivity contribution in [3.05, 3.63) is 0 Å². The van der Waals surface area contributed by atoms with Gasteiger partial charge in [0.1, 0.15) is 0 Å². The second kappa shape index (κ2) is 7.60. The van der Waals surface area contributed by atoms with Gasteiger partial charge in [-0.05, 0) is 19.4 Å². The van der Waals surface area contributed by atoms with Gasteiger partial charge in [-0.3, -0.25) is 9.69 Å². The molecule has 3 N–H and O–H groups in total. The van der Waals surface area contributed by atoms with E-state index in [0.717, 1.165) is 39.1 Å². The van der Waals surface area contributed by atoms with Crippen LogP contribution in [0.15, 0.2) is 0 Å². The number of amides is 1. The zero-order valence-corrected chi connectivity index (χ0v) is 10.1. The first-order valence-electron chi connectivity index (χ1n) is 6.05. The molecule has 0 spiro atoms. The van der Waals surface area contributed by atoms with Crippen LogP contribution in [0.25, 0.3) is 0 Å². The predicted octanol–water partition coefficient (Wildman–Crippen LogP) is -0.438. The lowest BCUT2D eigenvalue weighted by Crippen LogP contribution is -2.45. The first-order chi connectivity index (χ1) is 7.76. The molecule has 1 aliphatic heterocycles. The van der Waals surface area contributed by atoms with E-state index in [1.54, 1.807) is 0 Å². The zero-order chi connectivity index (χ0) is 11.8. The van der Waals surface area contributed by atoms with Crippen LogP contribution in [0, 0.1) is 0 Å². The Morgan fingerprint density at radius 3 is 2.75 bits per heavy atom. The van der Waals surface area contributed by atoms with Gasteiger partial charge in [0.15, 0.2) is 0 Å². The quantitative estimate of drug-likeness (QED) is 0.648. The van der Waals surface area contributed by atoms with E-state index in [9.17, 15) is 4.79 Å². The molecule has 94 valence electrons. The Balaban J connectivity index is 2.22. The average Bonchev–Trinajstić information content (AvgIpc) is 2.29. The van der Waals surface area contributed by atoms with E-state index in [1.165, 1.54) is 0 Å². The van der Waals surface area contributed by atoms with Crippen LogP contribution in [-0.4, -0.2) is 56.2 Å². The van der Waals surface area contributed by atoms with Gasteiger partial charge in [-0.2, -0.15) is 0 Å². The Morgan fingerprint density at radius 2 is 2.19 bits per heavy atom. The summed E-state index contributed by atoms with van der Waals surface area (Å²) in [7, 11) is 0. The van der Waals surface area contributed by atoms with Crippen LogP contribution in [-0.2, 0) is 9.53 Å². The second-order valence-corrected chi connectivity index (χ2v) is 4.11. The third kappa shape index (κ3) is 4.92. The minimum atomic E-state index is 0.0993. The molecule has 1 fully saturated rings. The number of carbonyl (C=O) groups excluding carboxylic acids is 1. The Bertz CT molecular complexity index is 197. The zero-order valence-electron chi connectivity index (χ0n) is 10.1. The van der Waals surface area contributed by atoms with Crippen molar-refractivity contribution < 1.29 is 9.53 Å². The maximum atomic E-state index is 11.7. The third-order valence-electron chi connectivity index (χ3n) is 2.85. The normalized spacial score (nSPS) is 17.7. The molecule has 1 heterocycles. The highest BCUT2D eigenvalue weighted by atomic mass is 16.5. The highest BCUT2D eigenvalue weighted by molar-refractivity contribution is 5.78. The summed E-state index contributed by atoms with van der Waals surface area (Å²) in [5.41, 5.74) is 5.48. The standard InChI is InChI=1S/C11H23N3O2/c1-2-14(6-5-12)9-11(15)13-10-3-7-16-8-4-10/h10H,2-9,12H2,1H3,(H,13,15). The van der Waals surface area contributed by atoms with Gasteiger partial charge in [-0.25, -0.2) is 0 Å². The van der Waals surface area contributed by atoms with Crippen molar-refractivity contribution >= 4 is 5.91 Å². The molecule has 1 aliphatic rings. The summed E-state index contributed by atoms with van der Waals surface area (Å²) >= 11 is 0. The monoisotopic (exact) mass is 229 g/mol. The molecule has 1 rings (SSSR count). The molecular weight excluding hydrogens is 206 g/mol. The van der Waals surface area contributed by atoms with Crippen LogP contribution in [0.1, 0.15) is 19.8 Å². The van der Waals surface area contributed by atoms with Crippen LogP contribution >= 0.6 is 0 Å². The lowest BCUT2D eigenvalue weighted by molar-refractivity contribution is -0.123. The Labute approximate surface area is 97.3 Å². The number of hydrogen-bond acceptors (Lipinski definition) is 4. The molecule has 0 aromatic carbocycles. The summed E-state index contributed by atoms with van der Waals surface area (Å²) in [6.45, 7) is 6.23. The molecule has 0 bridgehead atoms. The lowest BCUT2D eigenvalue weighted by Gasteiger charge is -2.25. The van der Waals surface area contributed by atoms with Crippen LogP contribution in [0.3, 0.4) is 0 Å². The molecule has 1 amide bonds. The van der Waals surface area contributed by atoms with E-state index in [2.05, 4.69) is 10.2 Å². The first-order valence-corrected chi connectivity index (χ1v) is 6.05. The van der Waals surface area contributed by atoms with Crippen molar-refractivity contribution in [1.82, 2.24) is 10.2 Å². The smallest absolute Gasteiger partial charge is 0.234 e. The molecular formula is C11H23N3O2. The van der Waals surface area contributed by atoms with Gasteiger partial charge in [-0.1, -0.05) is 6.92 Å². The van der Waals surface area contributed by atoms with Crippen LogP contribution in [0.4, 0.5) is 0 Å². The third-order valence-corrected chi connectivity index (χ3v) is 2.85. The van der Waals surface area contributed by atoms with Gasteiger partial charge >= 0.3 is 0 Å². The Hall–Kier alpha value is -0.650. The fourth-order valence-electron chi connectivity index (χ4n) is 1.85. The minimum absolute atomic E-state index is 0.0993. The maximum Gasteiger partial charge on any atom is 0.234 e. The molecule has 16 heavy (non-hydrogen) atoms. The van der Waals surface area contributed by atoms with Crippen molar-refractivity contribution in [3.63, 3.8) is 0 Å². The number of ether oxygens (including phenoxy) is 1. The fraction of sp³-hybridized carbons (Fsp3) is 0.909. The topological polar surface area (TPSA) is 67.6 Å². The van der Waals surface area contributed by atoms with Crippen LogP contribution in [0.5, 0.6) is 0 Å². The van der Waals surface area contributed by atoms with E-state index in [0.29, 0.717) is 13.1 Å². The van der Waals surface area contributed by atoms with Crippen molar-refractivity contribution in [3.8, 4) is 0 Å². The maximum absolute atomic E-state index is 11.7. The minimum Gasteiger partial charge on any atom is -0.381 e.